The topological polar surface area (TPSA) is 334 Å². The van der Waals surface area contributed by atoms with Crippen LogP contribution in [0.5, 0.6) is 46.0 Å². The van der Waals surface area contributed by atoms with Crippen LogP contribution in [-0.2, 0) is 23.7 Å². The zero-order valence-corrected chi connectivity index (χ0v) is 30.9. The van der Waals surface area contributed by atoms with Crippen molar-refractivity contribution in [3.05, 3.63) is 64.3 Å². The van der Waals surface area contributed by atoms with Crippen molar-refractivity contribution in [3.63, 3.8) is 0 Å². The number of fused-ring (bicyclic) bond motifs is 1. The van der Waals surface area contributed by atoms with Crippen molar-refractivity contribution in [2.45, 2.75) is 61.4 Å². The summed E-state index contributed by atoms with van der Waals surface area (Å²) < 4.78 is 44.2. The van der Waals surface area contributed by atoms with Gasteiger partial charge in [0.1, 0.15) is 71.8 Å². The number of hydrogen-bond donors (Lipinski definition) is 11. The van der Waals surface area contributed by atoms with Gasteiger partial charge in [-0.25, -0.2) is 4.79 Å². The Balaban J connectivity index is 1.28. The third kappa shape index (κ3) is 8.64. The summed E-state index contributed by atoms with van der Waals surface area (Å²) in [7, 11) is 2.62. The standard InChI is InChI=1S/C38H40O21/c1-52-21-7-14(8-22(53-2)27(21)45)3-6-25(44)54-13-24-29(47)31(49)33(51)37(57-24)59-36-32(50)28(46)23(12-39)56-38(36)58-35-30(48)26-19(43)10-16(40)11-20(26)55-34(35)15-4-5-17(41)18(42)9-15/h3-11,23-24,28-29,31-33,36-43,45-47,49-51H,12-13H2,1-2H3/t23-,24-,28-,29-,31+,32+,33-,36-,37+,38+/m0/s1. The molecule has 3 aromatic carbocycles. The van der Waals surface area contributed by atoms with E-state index in [9.17, 15) is 65.8 Å². The van der Waals surface area contributed by atoms with Gasteiger partial charge in [0.2, 0.25) is 23.2 Å². The number of ether oxygens (including phenoxy) is 7. The van der Waals surface area contributed by atoms with Crippen LogP contribution in [0.4, 0.5) is 0 Å². The zero-order chi connectivity index (χ0) is 42.9. The summed E-state index contributed by atoms with van der Waals surface area (Å²) in [5, 5.41) is 115. The van der Waals surface area contributed by atoms with E-state index in [-0.39, 0.29) is 28.4 Å². The third-order valence-electron chi connectivity index (χ3n) is 9.48. The van der Waals surface area contributed by atoms with Gasteiger partial charge in [-0.1, -0.05) is 0 Å². The number of aliphatic hydroxyl groups excluding tert-OH is 6. The molecule has 59 heavy (non-hydrogen) atoms. The third-order valence-corrected chi connectivity index (χ3v) is 9.48. The Bertz CT molecular complexity index is 2230. The van der Waals surface area contributed by atoms with Crippen LogP contribution in [0.25, 0.3) is 28.4 Å². The molecule has 2 fully saturated rings. The van der Waals surface area contributed by atoms with Crippen LogP contribution in [0.2, 0.25) is 0 Å². The number of phenols is 5. The SMILES string of the molecule is COc1cc(C=CC(=O)OC[C@@H]2O[C@H](O[C@@H]3[C@@H](Oc4c(-c5ccc(O)c(O)c5)oc5cc(O)cc(O)c5c4=O)O[C@@H](CO)[C@H](O)[C@H]3O)[C@@H](O)[C@H](O)[C@H]2O)cc(OC)c1O. The Labute approximate surface area is 331 Å². The minimum Gasteiger partial charge on any atom is -0.508 e. The van der Waals surface area contributed by atoms with Crippen molar-refractivity contribution in [3.8, 4) is 57.3 Å². The molecule has 21 nitrogen and oxygen atoms in total. The molecule has 0 saturated carbocycles. The fraction of sp³-hybridized carbons (Fsp3) is 0.368. The molecule has 0 spiro atoms. The Morgan fingerprint density at radius 1 is 0.763 bits per heavy atom. The molecule has 10 atom stereocenters. The fourth-order valence-electron chi connectivity index (χ4n) is 6.35. The Hall–Kier alpha value is -5.88. The number of benzene rings is 3. The first-order chi connectivity index (χ1) is 28.1. The predicted octanol–water partition coefficient (Wildman–Crippen LogP) is -0.728. The van der Waals surface area contributed by atoms with Gasteiger partial charge in [-0.05, 0) is 42.0 Å². The number of rotatable bonds is 12. The number of carbonyl (C=O) groups excluding carboxylic acids is 1. The lowest BCUT2D eigenvalue weighted by Gasteiger charge is -2.45. The van der Waals surface area contributed by atoms with Crippen molar-refractivity contribution >= 4 is 23.0 Å². The lowest BCUT2D eigenvalue weighted by molar-refractivity contribution is -0.358. The maximum absolute atomic E-state index is 14.0. The van der Waals surface area contributed by atoms with E-state index in [0.717, 1.165) is 30.3 Å². The summed E-state index contributed by atoms with van der Waals surface area (Å²) in [6.07, 6.45) is -16.9. The fourth-order valence-corrected chi connectivity index (χ4v) is 6.35. The summed E-state index contributed by atoms with van der Waals surface area (Å²) in [5.41, 5.74) is -1.22. The van der Waals surface area contributed by atoms with E-state index in [1.807, 2.05) is 0 Å². The molecule has 0 unspecified atom stereocenters. The summed E-state index contributed by atoms with van der Waals surface area (Å²) >= 11 is 0. The molecule has 11 N–H and O–H groups in total. The van der Waals surface area contributed by atoms with E-state index < -0.39 is 126 Å². The predicted molar refractivity (Wildman–Crippen MR) is 196 cm³/mol. The van der Waals surface area contributed by atoms with E-state index in [4.69, 9.17) is 37.6 Å². The molecule has 318 valence electrons. The highest BCUT2D eigenvalue weighted by Crippen LogP contribution is 2.41. The Morgan fingerprint density at radius 2 is 1.42 bits per heavy atom. The maximum Gasteiger partial charge on any atom is 0.330 e. The molecule has 2 saturated heterocycles. The number of methoxy groups -OCH3 is 2. The Kier molecular flexibility index (Phi) is 12.7. The molecule has 1 aromatic heterocycles. The largest absolute Gasteiger partial charge is 0.508 e. The second kappa shape index (κ2) is 17.5. The minimum atomic E-state index is -2.08. The van der Waals surface area contributed by atoms with Crippen LogP contribution < -0.4 is 19.6 Å². The molecule has 3 heterocycles. The second-order valence-corrected chi connectivity index (χ2v) is 13.3. The van der Waals surface area contributed by atoms with Gasteiger partial charge in [-0.2, -0.15) is 0 Å². The molecule has 0 bridgehead atoms. The van der Waals surface area contributed by atoms with Crippen LogP contribution in [0.3, 0.4) is 0 Å². The molecule has 0 amide bonds. The average molecular weight is 833 g/mol. The van der Waals surface area contributed by atoms with E-state index in [0.29, 0.717) is 5.56 Å². The van der Waals surface area contributed by atoms with E-state index in [1.165, 1.54) is 38.5 Å². The van der Waals surface area contributed by atoms with Gasteiger partial charge in [-0.3, -0.25) is 4.79 Å². The number of aromatic hydroxyl groups is 5. The summed E-state index contributed by atoms with van der Waals surface area (Å²) in [5.74, 6) is -4.89. The van der Waals surface area contributed by atoms with Crippen LogP contribution in [0, 0.1) is 0 Å². The minimum absolute atomic E-state index is 0.0504. The quantitative estimate of drug-likeness (QED) is 0.0476. The number of hydrogen-bond acceptors (Lipinski definition) is 21. The molecule has 2 aliphatic rings. The molecule has 0 radical (unpaired) electrons. The van der Waals surface area contributed by atoms with Crippen molar-refractivity contribution in [2.75, 3.05) is 27.4 Å². The van der Waals surface area contributed by atoms with Gasteiger partial charge in [0.15, 0.2) is 41.2 Å². The number of carbonyl (C=O) groups is 1. The maximum atomic E-state index is 14.0. The highest BCUT2D eigenvalue weighted by Gasteiger charge is 2.52. The molecule has 0 aliphatic carbocycles. The first-order valence-corrected chi connectivity index (χ1v) is 17.6. The van der Waals surface area contributed by atoms with E-state index in [2.05, 4.69) is 0 Å². The average Bonchev–Trinajstić information content (AvgIpc) is 3.21. The molecule has 6 rings (SSSR count). The van der Waals surface area contributed by atoms with Crippen molar-refractivity contribution < 1.29 is 98.5 Å². The highest BCUT2D eigenvalue weighted by atomic mass is 16.8. The molecule has 2 aliphatic heterocycles. The van der Waals surface area contributed by atoms with Crippen LogP contribution in [0.1, 0.15) is 5.56 Å². The lowest BCUT2D eigenvalue weighted by atomic mass is 9.97. The summed E-state index contributed by atoms with van der Waals surface area (Å²) in [6.45, 7) is -1.66. The molecular formula is C38H40O21. The zero-order valence-electron chi connectivity index (χ0n) is 30.9. The van der Waals surface area contributed by atoms with Crippen LogP contribution in [0.15, 0.2) is 57.8 Å². The van der Waals surface area contributed by atoms with Crippen molar-refractivity contribution in [1.29, 1.82) is 0 Å². The van der Waals surface area contributed by atoms with Crippen molar-refractivity contribution in [2.24, 2.45) is 0 Å². The normalized spacial score (nSPS) is 27.1. The smallest absolute Gasteiger partial charge is 0.330 e. The molecular weight excluding hydrogens is 792 g/mol. The molecule has 21 heteroatoms. The second-order valence-electron chi connectivity index (χ2n) is 13.3. The van der Waals surface area contributed by atoms with Gasteiger partial charge >= 0.3 is 5.97 Å². The number of phenolic OH excluding ortho intramolecular Hbond substituents is 5. The van der Waals surface area contributed by atoms with Crippen LogP contribution in [-0.4, -0.2) is 151 Å². The van der Waals surface area contributed by atoms with Crippen LogP contribution >= 0.6 is 0 Å². The summed E-state index contributed by atoms with van der Waals surface area (Å²) in [4.78, 5) is 26.6. The first-order valence-electron chi connectivity index (χ1n) is 17.6. The van der Waals surface area contributed by atoms with Gasteiger partial charge in [0.05, 0.1) is 20.8 Å². The van der Waals surface area contributed by atoms with E-state index in [1.54, 1.807) is 0 Å². The monoisotopic (exact) mass is 832 g/mol. The van der Waals surface area contributed by atoms with Gasteiger partial charge in [0, 0.05) is 23.8 Å². The van der Waals surface area contributed by atoms with E-state index >= 15 is 0 Å². The Morgan fingerprint density at radius 3 is 2.07 bits per heavy atom. The van der Waals surface area contributed by atoms with Crippen molar-refractivity contribution in [1.82, 2.24) is 0 Å². The number of esters is 1. The highest BCUT2D eigenvalue weighted by molar-refractivity contribution is 5.89. The van der Waals surface area contributed by atoms with Gasteiger partial charge < -0.3 is 93.7 Å². The van der Waals surface area contributed by atoms with Gasteiger partial charge in [-0.15, -0.1) is 0 Å². The first kappa shape index (κ1) is 42.7. The summed E-state index contributed by atoms with van der Waals surface area (Å²) in [6, 6.07) is 7.83. The lowest BCUT2D eigenvalue weighted by Crippen LogP contribution is -2.65. The molecule has 4 aromatic rings. The number of aliphatic hydroxyl groups is 6. The van der Waals surface area contributed by atoms with Gasteiger partial charge in [0.25, 0.3) is 0 Å².